The molecule has 0 bridgehead atoms. The second kappa shape index (κ2) is 4.32. The van der Waals surface area contributed by atoms with Crippen molar-refractivity contribution < 1.29 is 4.74 Å². The zero-order valence-electron chi connectivity index (χ0n) is 11.1. The second-order valence-corrected chi connectivity index (χ2v) is 5.42. The van der Waals surface area contributed by atoms with Crippen LogP contribution in [0.3, 0.4) is 0 Å². The molecule has 3 rings (SSSR count). The molecular weight excluding hydrogens is 224 g/mol. The van der Waals surface area contributed by atoms with E-state index in [2.05, 4.69) is 54.3 Å². The average molecular weight is 244 g/mol. The molecule has 1 fully saturated rings. The topological polar surface area (TPSA) is 26.2 Å². The first-order valence-electron chi connectivity index (χ1n) is 6.62. The van der Waals surface area contributed by atoms with Crippen molar-refractivity contribution in [3.8, 4) is 5.75 Å². The molecule has 0 amide bonds. The Kier molecular flexibility index (Phi) is 2.78. The van der Waals surface area contributed by atoms with E-state index in [1.165, 1.54) is 10.9 Å². The van der Waals surface area contributed by atoms with Gasteiger partial charge in [-0.3, -0.25) is 0 Å². The van der Waals surface area contributed by atoms with Gasteiger partial charge in [-0.1, -0.05) is 12.1 Å². The zero-order chi connectivity index (χ0) is 12.6. The van der Waals surface area contributed by atoms with Crippen LogP contribution >= 0.6 is 0 Å². The largest absolute Gasteiger partial charge is 0.485 e. The van der Waals surface area contributed by atoms with Crippen LogP contribution in [0, 0.1) is 0 Å². The fourth-order valence-corrected chi connectivity index (χ4v) is 2.71. The fraction of sp³-hybridized carbons (Fsp3) is 0.467. The standard InChI is InChI=1S/C15H20N2O/c1-15(7-9-16-10-8-15)18-14-11-17(2)13-6-4-3-5-12(13)14/h3-6,11,16H,7-10H2,1-2H3. The zero-order valence-corrected chi connectivity index (χ0v) is 11.1. The Morgan fingerprint density at radius 1 is 1.22 bits per heavy atom. The van der Waals surface area contributed by atoms with Crippen LogP contribution in [0.15, 0.2) is 30.5 Å². The maximum atomic E-state index is 6.32. The number of fused-ring (bicyclic) bond motifs is 1. The molecule has 0 atom stereocenters. The highest BCUT2D eigenvalue weighted by Gasteiger charge is 2.29. The van der Waals surface area contributed by atoms with E-state index in [1.54, 1.807) is 0 Å². The predicted molar refractivity (Wildman–Crippen MR) is 74.1 cm³/mol. The van der Waals surface area contributed by atoms with Gasteiger partial charge in [0.2, 0.25) is 0 Å². The van der Waals surface area contributed by atoms with Crippen molar-refractivity contribution in [2.75, 3.05) is 13.1 Å². The molecule has 18 heavy (non-hydrogen) atoms. The van der Waals surface area contributed by atoms with Crippen molar-refractivity contribution in [3.63, 3.8) is 0 Å². The van der Waals surface area contributed by atoms with Crippen molar-refractivity contribution in [1.82, 2.24) is 9.88 Å². The minimum absolute atomic E-state index is 0.0324. The monoisotopic (exact) mass is 244 g/mol. The van der Waals surface area contributed by atoms with Crippen LogP contribution in [-0.4, -0.2) is 23.3 Å². The quantitative estimate of drug-likeness (QED) is 0.879. The van der Waals surface area contributed by atoms with Crippen LogP contribution in [-0.2, 0) is 7.05 Å². The Morgan fingerprint density at radius 2 is 1.94 bits per heavy atom. The average Bonchev–Trinajstić information content (AvgIpc) is 2.67. The summed E-state index contributed by atoms with van der Waals surface area (Å²) in [7, 11) is 2.07. The van der Waals surface area contributed by atoms with Gasteiger partial charge in [0, 0.05) is 18.6 Å². The number of nitrogens with one attached hydrogen (secondary N) is 1. The minimum Gasteiger partial charge on any atom is -0.485 e. The van der Waals surface area contributed by atoms with Crippen molar-refractivity contribution in [3.05, 3.63) is 30.5 Å². The van der Waals surface area contributed by atoms with Gasteiger partial charge in [0.05, 0.1) is 5.52 Å². The summed E-state index contributed by atoms with van der Waals surface area (Å²) in [5.74, 6) is 1.01. The Balaban J connectivity index is 1.95. The van der Waals surface area contributed by atoms with Crippen molar-refractivity contribution in [2.24, 2.45) is 7.05 Å². The van der Waals surface area contributed by atoms with E-state index in [9.17, 15) is 0 Å². The summed E-state index contributed by atoms with van der Waals surface area (Å²) < 4.78 is 8.45. The number of nitrogens with zero attached hydrogens (tertiary/aromatic N) is 1. The molecule has 3 heteroatoms. The molecule has 1 N–H and O–H groups in total. The molecule has 2 heterocycles. The molecule has 0 spiro atoms. The van der Waals surface area contributed by atoms with Crippen molar-refractivity contribution in [2.45, 2.75) is 25.4 Å². The number of rotatable bonds is 2. The van der Waals surface area contributed by atoms with E-state index < -0.39 is 0 Å². The first kappa shape index (κ1) is 11.6. The Labute approximate surface area is 108 Å². The highest BCUT2D eigenvalue weighted by Crippen LogP contribution is 2.32. The lowest BCUT2D eigenvalue weighted by molar-refractivity contribution is 0.0570. The van der Waals surface area contributed by atoms with Crippen LogP contribution in [0.25, 0.3) is 10.9 Å². The van der Waals surface area contributed by atoms with Crippen LogP contribution in [0.2, 0.25) is 0 Å². The van der Waals surface area contributed by atoms with Crippen molar-refractivity contribution in [1.29, 1.82) is 0 Å². The van der Waals surface area contributed by atoms with Gasteiger partial charge in [-0.05, 0) is 45.0 Å². The third-order valence-electron chi connectivity index (χ3n) is 3.88. The first-order valence-corrected chi connectivity index (χ1v) is 6.62. The molecule has 0 unspecified atom stereocenters. The van der Waals surface area contributed by atoms with E-state index in [0.29, 0.717) is 0 Å². The number of aryl methyl sites for hydroxylation is 1. The van der Waals surface area contributed by atoms with Crippen molar-refractivity contribution >= 4 is 10.9 Å². The van der Waals surface area contributed by atoms with Crippen LogP contribution < -0.4 is 10.1 Å². The van der Waals surface area contributed by atoms with Gasteiger partial charge in [-0.15, -0.1) is 0 Å². The highest BCUT2D eigenvalue weighted by atomic mass is 16.5. The third kappa shape index (κ3) is 1.99. The Hall–Kier alpha value is -1.48. The Bertz CT molecular complexity index is 553. The molecule has 1 aromatic heterocycles. The predicted octanol–water partition coefficient (Wildman–Crippen LogP) is 2.70. The molecule has 0 saturated carbocycles. The van der Waals surface area contributed by atoms with Gasteiger partial charge in [0.15, 0.2) is 0 Å². The molecular formula is C15H20N2O. The molecule has 1 aromatic carbocycles. The van der Waals surface area contributed by atoms with Crippen LogP contribution in [0.4, 0.5) is 0 Å². The summed E-state index contributed by atoms with van der Waals surface area (Å²) in [5, 5.41) is 4.59. The summed E-state index contributed by atoms with van der Waals surface area (Å²) in [6.07, 6.45) is 4.23. The smallest absolute Gasteiger partial charge is 0.145 e. The number of aromatic nitrogens is 1. The van der Waals surface area contributed by atoms with E-state index in [0.717, 1.165) is 31.7 Å². The normalized spacial score (nSPS) is 19.0. The number of para-hydroxylation sites is 1. The second-order valence-electron chi connectivity index (χ2n) is 5.42. The molecule has 0 aliphatic carbocycles. The summed E-state index contributed by atoms with van der Waals surface area (Å²) in [4.78, 5) is 0. The molecule has 1 aliphatic rings. The molecule has 2 aromatic rings. The molecule has 1 aliphatic heterocycles. The van der Waals surface area contributed by atoms with Gasteiger partial charge in [-0.25, -0.2) is 0 Å². The fourth-order valence-electron chi connectivity index (χ4n) is 2.71. The summed E-state index contributed by atoms with van der Waals surface area (Å²) in [5.41, 5.74) is 1.19. The summed E-state index contributed by atoms with van der Waals surface area (Å²) in [6.45, 7) is 4.30. The van der Waals surface area contributed by atoms with Gasteiger partial charge in [-0.2, -0.15) is 0 Å². The minimum atomic E-state index is -0.0324. The number of hydrogen-bond acceptors (Lipinski definition) is 2. The van der Waals surface area contributed by atoms with Gasteiger partial charge in [0.25, 0.3) is 0 Å². The van der Waals surface area contributed by atoms with E-state index in [1.807, 2.05) is 0 Å². The van der Waals surface area contributed by atoms with Crippen LogP contribution in [0.1, 0.15) is 19.8 Å². The highest BCUT2D eigenvalue weighted by molar-refractivity contribution is 5.86. The Morgan fingerprint density at radius 3 is 2.72 bits per heavy atom. The molecule has 96 valence electrons. The maximum Gasteiger partial charge on any atom is 0.145 e. The number of ether oxygens (including phenoxy) is 1. The first-order chi connectivity index (χ1) is 8.68. The molecule has 3 nitrogen and oxygen atoms in total. The van der Waals surface area contributed by atoms with Gasteiger partial charge >= 0.3 is 0 Å². The number of benzene rings is 1. The third-order valence-corrected chi connectivity index (χ3v) is 3.88. The van der Waals surface area contributed by atoms with Gasteiger partial charge < -0.3 is 14.6 Å². The summed E-state index contributed by atoms with van der Waals surface area (Å²) >= 11 is 0. The van der Waals surface area contributed by atoms with Crippen LogP contribution in [0.5, 0.6) is 5.75 Å². The number of hydrogen-bond donors (Lipinski definition) is 1. The lowest BCUT2D eigenvalue weighted by atomic mass is 9.94. The SMILES string of the molecule is Cn1cc(OC2(C)CCNCC2)c2ccccc21. The van der Waals surface area contributed by atoms with E-state index >= 15 is 0 Å². The van der Waals surface area contributed by atoms with E-state index in [-0.39, 0.29) is 5.60 Å². The lowest BCUT2D eigenvalue weighted by Gasteiger charge is -2.34. The molecule has 1 saturated heterocycles. The van der Waals surface area contributed by atoms with Gasteiger partial charge in [0.1, 0.15) is 11.4 Å². The summed E-state index contributed by atoms with van der Waals surface area (Å²) in [6, 6.07) is 8.40. The lowest BCUT2D eigenvalue weighted by Crippen LogP contribution is -2.43. The van der Waals surface area contributed by atoms with E-state index in [4.69, 9.17) is 4.74 Å². The molecule has 0 radical (unpaired) electrons. The number of piperidine rings is 1. The maximum absolute atomic E-state index is 6.32.